The highest BCUT2D eigenvalue weighted by Gasteiger charge is 2.28. The van der Waals surface area contributed by atoms with Crippen molar-refractivity contribution in [3.63, 3.8) is 0 Å². The fourth-order valence-electron chi connectivity index (χ4n) is 1.99. The van der Waals surface area contributed by atoms with Crippen molar-refractivity contribution < 1.29 is 4.92 Å². The fraction of sp³-hybridized carbons (Fsp3) is 0.455. The maximum absolute atomic E-state index is 10.6. The van der Waals surface area contributed by atoms with Crippen LogP contribution in [0.5, 0.6) is 0 Å². The highest BCUT2D eigenvalue weighted by molar-refractivity contribution is 5.19. The van der Waals surface area contributed by atoms with Gasteiger partial charge in [0.2, 0.25) is 6.04 Å². The van der Waals surface area contributed by atoms with E-state index in [1.54, 1.807) is 0 Å². The fourth-order valence-corrected chi connectivity index (χ4v) is 1.99. The molecule has 1 fully saturated rings. The zero-order chi connectivity index (χ0) is 10.7. The Morgan fingerprint density at radius 3 is 2.53 bits per heavy atom. The summed E-state index contributed by atoms with van der Waals surface area (Å²) in [4.78, 5) is 10.4. The van der Waals surface area contributed by atoms with Gasteiger partial charge in [-0.25, -0.2) is 0 Å². The summed E-state index contributed by atoms with van der Waals surface area (Å²) < 4.78 is 0. The first-order valence-electron chi connectivity index (χ1n) is 5.19. The zero-order valence-electron chi connectivity index (χ0n) is 8.43. The van der Waals surface area contributed by atoms with E-state index in [0.29, 0.717) is 13.0 Å². The van der Waals surface area contributed by atoms with Gasteiger partial charge >= 0.3 is 0 Å². The molecule has 4 heteroatoms. The second-order valence-corrected chi connectivity index (χ2v) is 3.89. The number of piperidine rings is 1. The number of hydrogen-bond donors (Lipinski definition) is 1. The molecule has 1 N–H and O–H groups in total. The van der Waals surface area contributed by atoms with Crippen LogP contribution in [0, 0.1) is 10.1 Å². The zero-order valence-corrected chi connectivity index (χ0v) is 8.43. The molecule has 0 saturated carbocycles. The van der Waals surface area contributed by atoms with Gasteiger partial charge in [0.15, 0.2) is 0 Å². The van der Waals surface area contributed by atoms with Crippen molar-refractivity contribution in [1.29, 1.82) is 0 Å². The SMILES string of the molecule is O=[N+]([O-])C1CCC(c2ccccc2)NC1. The molecular weight excluding hydrogens is 192 g/mol. The van der Waals surface area contributed by atoms with Crippen LogP contribution in [0.15, 0.2) is 30.3 Å². The lowest BCUT2D eigenvalue weighted by Crippen LogP contribution is -2.40. The Labute approximate surface area is 88.5 Å². The maximum Gasteiger partial charge on any atom is 0.225 e. The van der Waals surface area contributed by atoms with Gasteiger partial charge in [0.25, 0.3) is 0 Å². The van der Waals surface area contributed by atoms with Gasteiger partial charge < -0.3 is 5.32 Å². The van der Waals surface area contributed by atoms with Gasteiger partial charge in [0.05, 0.1) is 6.54 Å². The third kappa shape index (κ3) is 2.33. The van der Waals surface area contributed by atoms with Crippen LogP contribution in [0.3, 0.4) is 0 Å². The molecule has 1 aromatic carbocycles. The Balaban J connectivity index is 1.97. The lowest BCUT2D eigenvalue weighted by Gasteiger charge is -2.25. The quantitative estimate of drug-likeness (QED) is 0.592. The van der Waals surface area contributed by atoms with Gasteiger partial charge in [-0.3, -0.25) is 10.1 Å². The van der Waals surface area contributed by atoms with Crippen molar-refractivity contribution in [2.24, 2.45) is 0 Å². The van der Waals surface area contributed by atoms with Crippen LogP contribution in [0.4, 0.5) is 0 Å². The monoisotopic (exact) mass is 206 g/mol. The second kappa shape index (κ2) is 4.40. The molecule has 15 heavy (non-hydrogen) atoms. The minimum atomic E-state index is -0.412. The van der Waals surface area contributed by atoms with Crippen molar-refractivity contribution in [1.82, 2.24) is 5.32 Å². The summed E-state index contributed by atoms with van der Waals surface area (Å²) in [5.74, 6) is 0. The van der Waals surface area contributed by atoms with Crippen LogP contribution in [-0.2, 0) is 0 Å². The Kier molecular flexibility index (Phi) is 2.97. The molecule has 80 valence electrons. The van der Waals surface area contributed by atoms with Gasteiger partial charge in [0.1, 0.15) is 0 Å². The van der Waals surface area contributed by atoms with Crippen molar-refractivity contribution in [2.45, 2.75) is 24.9 Å². The summed E-state index contributed by atoms with van der Waals surface area (Å²) in [6.45, 7) is 0.479. The van der Waals surface area contributed by atoms with E-state index in [-0.39, 0.29) is 11.0 Å². The van der Waals surface area contributed by atoms with Gasteiger partial charge in [-0.1, -0.05) is 30.3 Å². The number of benzene rings is 1. The average Bonchev–Trinajstić information content (AvgIpc) is 2.30. The van der Waals surface area contributed by atoms with E-state index in [9.17, 15) is 10.1 Å². The van der Waals surface area contributed by atoms with Crippen LogP contribution in [0.25, 0.3) is 0 Å². The highest BCUT2D eigenvalue weighted by atomic mass is 16.6. The predicted octanol–water partition coefficient (Wildman–Crippen LogP) is 1.76. The molecule has 2 rings (SSSR count). The van der Waals surface area contributed by atoms with E-state index in [4.69, 9.17) is 0 Å². The molecule has 1 heterocycles. The molecule has 0 bridgehead atoms. The number of hydrogen-bond acceptors (Lipinski definition) is 3. The number of nitro groups is 1. The van der Waals surface area contributed by atoms with E-state index in [2.05, 4.69) is 17.4 Å². The molecule has 2 atom stereocenters. The van der Waals surface area contributed by atoms with Gasteiger partial charge in [-0.2, -0.15) is 0 Å². The molecule has 0 aliphatic carbocycles. The van der Waals surface area contributed by atoms with Gasteiger partial charge in [-0.05, 0) is 12.0 Å². The molecule has 0 radical (unpaired) electrons. The van der Waals surface area contributed by atoms with E-state index in [0.717, 1.165) is 6.42 Å². The van der Waals surface area contributed by atoms with Crippen LogP contribution in [-0.4, -0.2) is 17.5 Å². The number of nitrogens with one attached hydrogen (secondary N) is 1. The lowest BCUT2D eigenvalue weighted by atomic mass is 9.95. The first-order valence-corrected chi connectivity index (χ1v) is 5.19. The molecule has 1 aromatic rings. The van der Waals surface area contributed by atoms with Gasteiger partial charge in [0, 0.05) is 17.4 Å². The molecule has 1 aliphatic heterocycles. The summed E-state index contributed by atoms with van der Waals surface area (Å²) in [5.41, 5.74) is 1.22. The van der Waals surface area contributed by atoms with Crippen molar-refractivity contribution >= 4 is 0 Å². The smallest absolute Gasteiger partial charge is 0.225 e. The normalized spacial score (nSPS) is 26.1. The van der Waals surface area contributed by atoms with Gasteiger partial charge in [-0.15, -0.1) is 0 Å². The standard InChI is InChI=1S/C11H14N2O2/c14-13(15)10-6-7-11(12-8-10)9-4-2-1-3-5-9/h1-5,10-12H,6-8H2. The first kappa shape index (κ1) is 10.1. The molecule has 1 aliphatic rings. The van der Waals surface area contributed by atoms with E-state index in [1.807, 2.05) is 18.2 Å². The summed E-state index contributed by atoms with van der Waals surface area (Å²) in [5, 5.41) is 13.8. The molecule has 2 unspecified atom stereocenters. The molecular formula is C11H14N2O2. The Morgan fingerprint density at radius 1 is 1.27 bits per heavy atom. The van der Waals surface area contributed by atoms with Crippen LogP contribution < -0.4 is 5.32 Å². The molecule has 0 aromatic heterocycles. The summed E-state index contributed by atoms with van der Waals surface area (Å²) in [6, 6.07) is 9.96. The molecule has 0 amide bonds. The Bertz CT molecular complexity index is 332. The minimum Gasteiger partial charge on any atom is -0.304 e. The summed E-state index contributed by atoms with van der Waals surface area (Å²) >= 11 is 0. The molecule has 0 spiro atoms. The van der Waals surface area contributed by atoms with Crippen LogP contribution in [0.1, 0.15) is 24.4 Å². The van der Waals surface area contributed by atoms with E-state index >= 15 is 0 Å². The molecule has 1 saturated heterocycles. The minimum absolute atomic E-state index is 0.186. The number of nitrogens with zero attached hydrogens (tertiary/aromatic N) is 1. The highest BCUT2D eigenvalue weighted by Crippen LogP contribution is 2.23. The van der Waals surface area contributed by atoms with Crippen LogP contribution in [0.2, 0.25) is 0 Å². The van der Waals surface area contributed by atoms with E-state index < -0.39 is 6.04 Å². The maximum atomic E-state index is 10.6. The third-order valence-corrected chi connectivity index (χ3v) is 2.89. The Morgan fingerprint density at radius 2 is 2.00 bits per heavy atom. The third-order valence-electron chi connectivity index (χ3n) is 2.89. The van der Waals surface area contributed by atoms with Crippen molar-refractivity contribution in [3.05, 3.63) is 46.0 Å². The lowest BCUT2D eigenvalue weighted by molar-refractivity contribution is -0.523. The topological polar surface area (TPSA) is 55.2 Å². The first-order chi connectivity index (χ1) is 7.27. The van der Waals surface area contributed by atoms with Crippen molar-refractivity contribution in [3.8, 4) is 0 Å². The predicted molar refractivity (Wildman–Crippen MR) is 57.2 cm³/mol. The Hall–Kier alpha value is -1.42. The number of rotatable bonds is 2. The summed E-state index contributed by atoms with van der Waals surface area (Å²) in [7, 11) is 0. The summed E-state index contributed by atoms with van der Waals surface area (Å²) in [6.07, 6.45) is 1.51. The largest absolute Gasteiger partial charge is 0.304 e. The van der Waals surface area contributed by atoms with Crippen molar-refractivity contribution in [2.75, 3.05) is 6.54 Å². The molecule has 4 nitrogen and oxygen atoms in total. The van der Waals surface area contributed by atoms with E-state index in [1.165, 1.54) is 5.56 Å². The van der Waals surface area contributed by atoms with Crippen LogP contribution >= 0.6 is 0 Å². The average molecular weight is 206 g/mol. The second-order valence-electron chi connectivity index (χ2n) is 3.89.